The van der Waals surface area contributed by atoms with Gasteiger partial charge in [0.1, 0.15) is 0 Å². The molecule has 1 heterocycles. The summed E-state index contributed by atoms with van der Waals surface area (Å²) < 4.78 is 1.04. The molecule has 2 aromatic carbocycles. The van der Waals surface area contributed by atoms with Gasteiger partial charge in [0.25, 0.3) is 11.8 Å². The van der Waals surface area contributed by atoms with E-state index in [1.165, 1.54) is 17.4 Å². The Hall–Kier alpha value is -2.37. The summed E-state index contributed by atoms with van der Waals surface area (Å²) in [7, 11) is 0. The van der Waals surface area contributed by atoms with Crippen LogP contribution >= 0.6 is 22.9 Å². The molecule has 0 unspecified atom stereocenters. The highest BCUT2D eigenvalue weighted by atomic mass is 35.5. The zero-order chi connectivity index (χ0) is 16.4. The molecule has 0 aliphatic rings. The predicted octanol–water partition coefficient (Wildman–Crippen LogP) is 3.94. The predicted molar refractivity (Wildman–Crippen MR) is 92.9 cm³/mol. The molecule has 0 atom stereocenters. The SMILES string of the molecule is Cc1c(C(=O)NNC(=O)c2cccc(Cl)c2)sc2ccccc12. The monoisotopic (exact) mass is 344 g/mol. The van der Waals surface area contributed by atoms with Crippen molar-refractivity contribution >= 4 is 44.8 Å². The van der Waals surface area contributed by atoms with Crippen LogP contribution in [0.3, 0.4) is 0 Å². The lowest BCUT2D eigenvalue weighted by Crippen LogP contribution is -2.41. The van der Waals surface area contributed by atoms with Crippen LogP contribution in [0.25, 0.3) is 10.1 Å². The quantitative estimate of drug-likeness (QED) is 0.692. The summed E-state index contributed by atoms with van der Waals surface area (Å²) in [5.41, 5.74) is 6.14. The molecule has 0 radical (unpaired) electrons. The van der Waals surface area contributed by atoms with E-state index in [1.807, 2.05) is 31.2 Å². The summed E-state index contributed by atoms with van der Waals surface area (Å²) in [6.07, 6.45) is 0. The van der Waals surface area contributed by atoms with Crippen LogP contribution in [-0.2, 0) is 0 Å². The van der Waals surface area contributed by atoms with Crippen molar-refractivity contribution < 1.29 is 9.59 Å². The van der Waals surface area contributed by atoms with Gasteiger partial charge >= 0.3 is 0 Å². The van der Waals surface area contributed by atoms with Crippen LogP contribution in [0.5, 0.6) is 0 Å². The van der Waals surface area contributed by atoms with Gasteiger partial charge in [-0.25, -0.2) is 0 Å². The fourth-order valence-corrected chi connectivity index (χ4v) is 3.56. The molecule has 3 aromatic rings. The minimum Gasteiger partial charge on any atom is -0.267 e. The first kappa shape index (κ1) is 15.5. The van der Waals surface area contributed by atoms with Crippen molar-refractivity contribution in [2.45, 2.75) is 6.92 Å². The average molecular weight is 345 g/mol. The van der Waals surface area contributed by atoms with E-state index in [0.717, 1.165) is 15.6 Å². The van der Waals surface area contributed by atoms with Gasteiger partial charge in [0.2, 0.25) is 0 Å². The zero-order valence-corrected chi connectivity index (χ0v) is 13.8. The molecule has 0 aliphatic heterocycles. The Morgan fingerprint density at radius 1 is 1.00 bits per heavy atom. The Labute approximate surface area is 142 Å². The topological polar surface area (TPSA) is 58.2 Å². The van der Waals surface area contributed by atoms with Crippen LogP contribution in [0.2, 0.25) is 5.02 Å². The average Bonchev–Trinajstić information content (AvgIpc) is 2.90. The van der Waals surface area contributed by atoms with Crippen molar-refractivity contribution in [2.24, 2.45) is 0 Å². The van der Waals surface area contributed by atoms with Crippen molar-refractivity contribution in [1.29, 1.82) is 0 Å². The summed E-state index contributed by atoms with van der Waals surface area (Å²) in [5.74, 6) is -0.751. The van der Waals surface area contributed by atoms with Gasteiger partial charge in [0.15, 0.2) is 0 Å². The van der Waals surface area contributed by atoms with Crippen LogP contribution in [0.1, 0.15) is 25.6 Å². The number of carbonyl (C=O) groups excluding carboxylic acids is 2. The molecule has 4 nitrogen and oxygen atoms in total. The number of aryl methyl sites for hydroxylation is 1. The standard InChI is InChI=1S/C17H13ClN2O2S/c1-10-13-7-2-3-8-14(13)23-15(10)17(22)20-19-16(21)11-5-4-6-12(18)9-11/h2-9H,1H3,(H,19,21)(H,20,22). The molecular weight excluding hydrogens is 332 g/mol. The molecule has 6 heteroatoms. The molecule has 23 heavy (non-hydrogen) atoms. The summed E-state index contributed by atoms with van der Waals surface area (Å²) in [6.45, 7) is 1.90. The first-order valence-electron chi connectivity index (χ1n) is 6.90. The van der Waals surface area contributed by atoms with Crippen LogP contribution in [0.4, 0.5) is 0 Å². The Morgan fingerprint density at radius 3 is 2.48 bits per heavy atom. The van der Waals surface area contributed by atoms with Crippen molar-refractivity contribution in [3.8, 4) is 0 Å². The third-order valence-corrected chi connectivity index (χ3v) is 4.93. The minimum absolute atomic E-state index is 0.334. The molecule has 0 saturated heterocycles. The van der Waals surface area contributed by atoms with Crippen molar-refractivity contribution in [3.05, 3.63) is 69.6 Å². The first-order valence-corrected chi connectivity index (χ1v) is 8.10. The molecule has 116 valence electrons. The molecule has 2 amide bonds. The smallest absolute Gasteiger partial charge is 0.267 e. The van der Waals surface area contributed by atoms with Gasteiger partial charge in [-0.2, -0.15) is 0 Å². The Morgan fingerprint density at radius 2 is 1.74 bits per heavy atom. The highest BCUT2D eigenvalue weighted by Gasteiger charge is 2.16. The number of fused-ring (bicyclic) bond motifs is 1. The fraction of sp³-hybridized carbons (Fsp3) is 0.0588. The summed E-state index contributed by atoms with van der Waals surface area (Å²) >= 11 is 7.25. The molecule has 3 rings (SSSR count). The normalized spacial score (nSPS) is 10.5. The van der Waals surface area contributed by atoms with E-state index in [-0.39, 0.29) is 5.91 Å². The number of benzene rings is 2. The Balaban J connectivity index is 1.74. The molecular formula is C17H13ClN2O2S. The molecule has 1 aromatic heterocycles. The van der Waals surface area contributed by atoms with Crippen molar-refractivity contribution in [3.63, 3.8) is 0 Å². The maximum atomic E-state index is 12.3. The minimum atomic E-state index is -0.417. The number of thiophene rings is 1. The van der Waals surface area contributed by atoms with Gasteiger partial charge in [-0.3, -0.25) is 20.4 Å². The van der Waals surface area contributed by atoms with E-state index in [2.05, 4.69) is 10.9 Å². The number of rotatable bonds is 2. The van der Waals surface area contributed by atoms with Gasteiger partial charge in [-0.05, 0) is 42.1 Å². The maximum absolute atomic E-state index is 12.3. The second-order valence-electron chi connectivity index (χ2n) is 4.97. The van der Waals surface area contributed by atoms with E-state index in [9.17, 15) is 9.59 Å². The molecule has 2 N–H and O–H groups in total. The summed E-state index contributed by atoms with van der Waals surface area (Å²) in [4.78, 5) is 24.9. The molecule has 0 saturated carbocycles. The van der Waals surface area contributed by atoms with Gasteiger partial charge in [-0.1, -0.05) is 35.9 Å². The van der Waals surface area contributed by atoms with Crippen LogP contribution in [0.15, 0.2) is 48.5 Å². The third kappa shape index (κ3) is 3.21. The van der Waals surface area contributed by atoms with E-state index in [0.29, 0.717) is 15.5 Å². The van der Waals surface area contributed by atoms with Crippen molar-refractivity contribution in [2.75, 3.05) is 0 Å². The molecule has 0 bridgehead atoms. The lowest BCUT2D eigenvalue weighted by atomic mass is 10.1. The lowest BCUT2D eigenvalue weighted by molar-refractivity contribution is 0.0848. The highest BCUT2D eigenvalue weighted by molar-refractivity contribution is 7.21. The second-order valence-corrected chi connectivity index (χ2v) is 6.46. The van der Waals surface area contributed by atoms with E-state index >= 15 is 0 Å². The van der Waals surface area contributed by atoms with Crippen molar-refractivity contribution in [1.82, 2.24) is 10.9 Å². The largest absolute Gasteiger partial charge is 0.280 e. The highest BCUT2D eigenvalue weighted by Crippen LogP contribution is 2.30. The van der Waals surface area contributed by atoms with Crippen LogP contribution in [0, 0.1) is 6.92 Å². The lowest BCUT2D eigenvalue weighted by Gasteiger charge is -2.07. The van der Waals surface area contributed by atoms with Gasteiger partial charge in [0.05, 0.1) is 4.88 Å². The number of hydrogen-bond acceptors (Lipinski definition) is 3. The molecule has 0 aliphatic carbocycles. The first-order chi connectivity index (χ1) is 11.1. The number of carbonyl (C=O) groups is 2. The van der Waals surface area contributed by atoms with E-state index in [1.54, 1.807) is 18.2 Å². The maximum Gasteiger partial charge on any atom is 0.280 e. The van der Waals surface area contributed by atoms with Gasteiger partial charge in [0, 0.05) is 15.3 Å². The van der Waals surface area contributed by atoms with Gasteiger partial charge < -0.3 is 0 Å². The summed E-state index contributed by atoms with van der Waals surface area (Å²) in [6, 6.07) is 14.3. The number of nitrogens with one attached hydrogen (secondary N) is 2. The number of hydrazine groups is 1. The Kier molecular flexibility index (Phi) is 4.32. The molecule has 0 fully saturated rings. The van der Waals surface area contributed by atoms with Crippen LogP contribution < -0.4 is 10.9 Å². The third-order valence-electron chi connectivity index (χ3n) is 3.43. The van der Waals surface area contributed by atoms with E-state index < -0.39 is 5.91 Å². The fourth-order valence-electron chi connectivity index (χ4n) is 2.26. The molecule has 0 spiro atoms. The Bertz CT molecular complexity index is 904. The van der Waals surface area contributed by atoms with Gasteiger partial charge in [-0.15, -0.1) is 11.3 Å². The number of halogens is 1. The number of amides is 2. The van der Waals surface area contributed by atoms with Crippen LogP contribution in [-0.4, -0.2) is 11.8 Å². The number of hydrogen-bond donors (Lipinski definition) is 2. The summed E-state index contributed by atoms with van der Waals surface area (Å²) in [5, 5.41) is 1.51. The second kappa shape index (κ2) is 6.40. The van der Waals surface area contributed by atoms with E-state index in [4.69, 9.17) is 11.6 Å². The zero-order valence-electron chi connectivity index (χ0n) is 12.2.